The van der Waals surface area contributed by atoms with Gasteiger partial charge in [0.25, 0.3) is 5.89 Å². The van der Waals surface area contributed by atoms with E-state index in [9.17, 15) is 4.79 Å². The molecule has 0 atom stereocenters. The highest BCUT2D eigenvalue weighted by Gasteiger charge is 2.18. The molecule has 0 aliphatic heterocycles. The lowest BCUT2D eigenvalue weighted by molar-refractivity contribution is 0.0426. The van der Waals surface area contributed by atoms with E-state index in [1.165, 1.54) is 6.20 Å². The molecule has 0 saturated heterocycles. The van der Waals surface area contributed by atoms with Crippen LogP contribution in [0.15, 0.2) is 77.4 Å². The third-order valence-corrected chi connectivity index (χ3v) is 4.17. The number of carbonyl (C=O) groups is 1. The molecule has 0 saturated carbocycles. The average Bonchev–Trinajstić information content (AvgIpc) is 3.28. The molecule has 2 aromatic carbocycles. The van der Waals surface area contributed by atoms with Crippen LogP contribution in [0.1, 0.15) is 23.2 Å². The van der Waals surface area contributed by atoms with Gasteiger partial charge >= 0.3 is 5.97 Å². The summed E-state index contributed by atoms with van der Waals surface area (Å²) in [5.74, 6) is 1.25. The normalized spacial score (nSPS) is 10.5. The van der Waals surface area contributed by atoms with Crippen LogP contribution in [-0.4, -0.2) is 27.7 Å². The highest BCUT2D eigenvalue weighted by Crippen LogP contribution is 2.28. The van der Waals surface area contributed by atoms with Crippen LogP contribution < -0.4 is 9.47 Å². The summed E-state index contributed by atoms with van der Waals surface area (Å²) in [6.07, 6.45) is 1.54. The van der Waals surface area contributed by atoms with Crippen molar-refractivity contribution in [2.45, 2.75) is 13.5 Å². The Hall–Kier alpha value is -4.20. The summed E-state index contributed by atoms with van der Waals surface area (Å²) >= 11 is 0. The summed E-state index contributed by atoms with van der Waals surface area (Å²) in [5, 5.41) is 3.96. The van der Waals surface area contributed by atoms with Crippen LogP contribution in [-0.2, 0) is 11.3 Å². The first-order chi connectivity index (χ1) is 15.2. The van der Waals surface area contributed by atoms with Gasteiger partial charge in [-0.3, -0.25) is 0 Å². The van der Waals surface area contributed by atoms with Crippen molar-refractivity contribution < 1.29 is 23.5 Å². The minimum absolute atomic E-state index is 0.149. The van der Waals surface area contributed by atoms with Gasteiger partial charge in [-0.05, 0) is 43.3 Å². The Kier molecular flexibility index (Phi) is 6.18. The number of aromatic nitrogens is 3. The molecule has 2 aromatic heterocycles. The Bertz CT molecular complexity index is 1160. The van der Waals surface area contributed by atoms with E-state index in [0.717, 1.165) is 0 Å². The molecule has 4 rings (SSSR count). The number of esters is 1. The van der Waals surface area contributed by atoms with Gasteiger partial charge in [-0.15, -0.1) is 0 Å². The predicted molar refractivity (Wildman–Crippen MR) is 111 cm³/mol. The first-order valence-electron chi connectivity index (χ1n) is 9.64. The van der Waals surface area contributed by atoms with Gasteiger partial charge < -0.3 is 18.7 Å². The number of rotatable bonds is 8. The molecule has 31 heavy (non-hydrogen) atoms. The van der Waals surface area contributed by atoms with Crippen molar-refractivity contribution in [3.63, 3.8) is 0 Å². The van der Waals surface area contributed by atoms with Crippen LogP contribution in [0, 0.1) is 0 Å². The minimum atomic E-state index is -0.617. The van der Waals surface area contributed by atoms with Gasteiger partial charge in [0.2, 0.25) is 11.7 Å². The largest absolute Gasteiger partial charge is 0.493 e. The summed E-state index contributed by atoms with van der Waals surface area (Å²) in [6, 6.07) is 19.6. The van der Waals surface area contributed by atoms with E-state index in [2.05, 4.69) is 15.1 Å². The Morgan fingerprint density at radius 3 is 2.65 bits per heavy atom. The number of pyridine rings is 1. The van der Waals surface area contributed by atoms with E-state index in [-0.39, 0.29) is 23.9 Å². The van der Waals surface area contributed by atoms with E-state index in [1.807, 2.05) is 49.4 Å². The number of para-hydroxylation sites is 2. The quantitative estimate of drug-likeness (QED) is 0.381. The molecular formula is C23H19N3O5. The zero-order valence-corrected chi connectivity index (χ0v) is 16.7. The number of carbonyl (C=O) groups excluding carboxylic acids is 1. The Morgan fingerprint density at radius 2 is 1.81 bits per heavy atom. The van der Waals surface area contributed by atoms with Crippen molar-refractivity contribution in [2.24, 2.45) is 0 Å². The zero-order chi connectivity index (χ0) is 21.5. The fourth-order valence-electron chi connectivity index (χ4n) is 2.79. The molecule has 0 bridgehead atoms. The molecule has 0 amide bonds. The molecule has 156 valence electrons. The highest BCUT2D eigenvalue weighted by molar-refractivity contribution is 5.91. The van der Waals surface area contributed by atoms with Gasteiger partial charge in [0.15, 0.2) is 6.61 Å². The lowest BCUT2D eigenvalue weighted by atomic mass is 10.2. The molecule has 2 heterocycles. The molecule has 8 nitrogen and oxygen atoms in total. The van der Waals surface area contributed by atoms with Crippen LogP contribution in [0.5, 0.6) is 17.4 Å². The first-order valence-corrected chi connectivity index (χ1v) is 9.64. The molecule has 0 unspecified atom stereocenters. The number of nitrogens with zero attached hydrogens (tertiary/aromatic N) is 3. The third-order valence-electron chi connectivity index (χ3n) is 4.17. The van der Waals surface area contributed by atoms with Crippen LogP contribution >= 0.6 is 0 Å². The second-order valence-electron chi connectivity index (χ2n) is 6.29. The molecule has 0 fully saturated rings. The number of ether oxygens (including phenoxy) is 3. The standard InChI is InChI=1S/C23H19N3O5/c1-2-28-19-13-7-6-11-17(19)21-25-20(31-26-21)15-29-23(27)18-12-8-14-24-22(18)30-16-9-4-3-5-10-16/h3-14H,2,15H2,1H3. The summed E-state index contributed by atoms with van der Waals surface area (Å²) in [6.45, 7) is 2.21. The maximum absolute atomic E-state index is 12.6. The lowest BCUT2D eigenvalue weighted by Gasteiger charge is -2.09. The lowest BCUT2D eigenvalue weighted by Crippen LogP contribution is -2.08. The second-order valence-corrected chi connectivity index (χ2v) is 6.29. The van der Waals surface area contributed by atoms with E-state index in [4.69, 9.17) is 18.7 Å². The summed E-state index contributed by atoms with van der Waals surface area (Å²) in [4.78, 5) is 21.0. The number of hydrogen-bond donors (Lipinski definition) is 0. The number of benzene rings is 2. The first kappa shape index (κ1) is 20.1. The van der Waals surface area contributed by atoms with Gasteiger partial charge in [-0.25, -0.2) is 9.78 Å². The van der Waals surface area contributed by atoms with Crippen molar-refractivity contribution >= 4 is 5.97 Å². The second kappa shape index (κ2) is 9.53. The highest BCUT2D eigenvalue weighted by atomic mass is 16.6. The van der Waals surface area contributed by atoms with Crippen LogP contribution in [0.4, 0.5) is 0 Å². The van der Waals surface area contributed by atoms with Crippen molar-refractivity contribution in [3.05, 3.63) is 84.4 Å². The molecule has 0 aliphatic rings. The van der Waals surface area contributed by atoms with Crippen molar-refractivity contribution in [3.8, 4) is 28.8 Å². The van der Waals surface area contributed by atoms with Gasteiger partial charge in [-0.1, -0.05) is 35.5 Å². The molecule has 0 aliphatic carbocycles. The zero-order valence-electron chi connectivity index (χ0n) is 16.7. The molecule has 0 spiro atoms. The minimum Gasteiger partial charge on any atom is -0.493 e. The topological polar surface area (TPSA) is 96.6 Å². The average molecular weight is 417 g/mol. The Balaban J connectivity index is 1.45. The predicted octanol–water partition coefficient (Wildman–Crippen LogP) is 4.68. The van der Waals surface area contributed by atoms with Crippen LogP contribution in [0.3, 0.4) is 0 Å². The van der Waals surface area contributed by atoms with Gasteiger partial charge in [0.1, 0.15) is 17.1 Å². The summed E-state index contributed by atoms with van der Waals surface area (Å²) in [5.41, 5.74) is 0.879. The molecule has 4 aromatic rings. The van der Waals surface area contributed by atoms with E-state index in [0.29, 0.717) is 29.5 Å². The van der Waals surface area contributed by atoms with Gasteiger partial charge in [0.05, 0.1) is 12.2 Å². The Morgan fingerprint density at radius 1 is 1.00 bits per heavy atom. The smallest absolute Gasteiger partial charge is 0.344 e. The summed E-state index contributed by atoms with van der Waals surface area (Å²) in [7, 11) is 0. The molecule has 0 radical (unpaired) electrons. The maximum Gasteiger partial charge on any atom is 0.344 e. The summed E-state index contributed by atoms with van der Waals surface area (Å²) < 4.78 is 21.9. The fourth-order valence-corrected chi connectivity index (χ4v) is 2.79. The van der Waals surface area contributed by atoms with Gasteiger partial charge in [0, 0.05) is 6.20 Å². The van der Waals surface area contributed by atoms with Crippen LogP contribution in [0.2, 0.25) is 0 Å². The fraction of sp³-hybridized carbons (Fsp3) is 0.130. The maximum atomic E-state index is 12.6. The van der Waals surface area contributed by atoms with Crippen molar-refractivity contribution in [1.29, 1.82) is 0 Å². The number of hydrogen-bond acceptors (Lipinski definition) is 8. The van der Waals surface area contributed by atoms with Crippen molar-refractivity contribution in [2.75, 3.05) is 6.61 Å². The van der Waals surface area contributed by atoms with Gasteiger partial charge in [-0.2, -0.15) is 4.98 Å². The molecule has 0 N–H and O–H groups in total. The van der Waals surface area contributed by atoms with Crippen molar-refractivity contribution in [1.82, 2.24) is 15.1 Å². The monoisotopic (exact) mass is 417 g/mol. The molecular weight excluding hydrogens is 398 g/mol. The van der Waals surface area contributed by atoms with Crippen LogP contribution in [0.25, 0.3) is 11.4 Å². The third kappa shape index (κ3) is 4.87. The molecule has 8 heteroatoms. The Labute approximate surface area is 178 Å². The van der Waals surface area contributed by atoms with E-state index >= 15 is 0 Å². The van der Waals surface area contributed by atoms with E-state index < -0.39 is 5.97 Å². The SMILES string of the molecule is CCOc1ccccc1-c1noc(COC(=O)c2cccnc2Oc2ccccc2)n1. The van der Waals surface area contributed by atoms with E-state index in [1.54, 1.807) is 24.3 Å².